The van der Waals surface area contributed by atoms with E-state index in [1.54, 1.807) is 0 Å². The van der Waals surface area contributed by atoms with Crippen molar-refractivity contribution < 1.29 is 0 Å². The van der Waals surface area contributed by atoms with Gasteiger partial charge in [0.05, 0.1) is 6.54 Å². The third-order valence-electron chi connectivity index (χ3n) is 3.42. The molecule has 0 radical (unpaired) electrons. The van der Waals surface area contributed by atoms with Crippen LogP contribution < -0.4 is 11.1 Å². The Hall–Kier alpha value is -0.750. The van der Waals surface area contributed by atoms with E-state index >= 15 is 0 Å². The molecule has 110 valence electrons. The van der Waals surface area contributed by atoms with E-state index in [0.717, 1.165) is 23.4 Å². The summed E-state index contributed by atoms with van der Waals surface area (Å²) < 4.78 is 0. The Morgan fingerprint density at radius 1 is 1.45 bits per heavy atom. The van der Waals surface area contributed by atoms with E-state index < -0.39 is 0 Å². The zero-order chi connectivity index (χ0) is 13.9. The lowest BCUT2D eigenvalue weighted by atomic mass is 9.96. The number of hydrogen-bond acceptors (Lipinski definition) is 1. The molecule has 3 N–H and O–H groups in total. The summed E-state index contributed by atoms with van der Waals surface area (Å²) in [5.41, 5.74) is 8.15. The lowest BCUT2D eigenvalue weighted by Gasteiger charge is -2.15. The highest BCUT2D eigenvalue weighted by atomic mass is 127. The van der Waals surface area contributed by atoms with Gasteiger partial charge in [-0.2, -0.15) is 0 Å². The van der Waals surface area contributed by atoms with E-state index in [4.69, 9.17) is 17.3 Å². The average molecular weight is 406 g/mol. The molecule has 2 rings (SSSR count). The molecular weight excluding hydrogens is 385 g/mol. The number of nitrogens with two attached hydrogens (primary N) is 1. The minimum Gasteiger partial charge on any atom is -0.370 e. The zero-order valence-corrected chi connectivity index (χ0v) is 14.7. The number of rotatable bonds is 5. The molecule has 0 amide bonds. The van der Waals surface area contributed by atoms with Crippen molar-refractivity contribution in [1.29, 1.82) is 0 Å². The Balaban J connectivity index is 0.00000200. The summed E-state index contributed by atoms with van der Waals surface area (Å²) in [6, 6.07) is 7.99. The minimum atomic E-state index is 0. The first kappa shape index (κ1) is 17.3. The van der Waals surface area contributed by atoms with E-state index in [-0.39, 0.29) is 29.4 Å². The van der Waals surface area contributed by atoms with Crippen molar-refractivity contribution in [2.24, 2.45) is 10.7 Å². The third kappa shape index (κ3) is 4.38. The van der Waals surface area contributed by atoms with Gasteiger partial charge in [-0.15, -0.1) is 24.0 Å². The molecule has 1 aliphatic rings. The zero-order valence-electron chi connectivity index (χ0n) is 11.7. The molecule has 0 atom stereocenters. The minimum absolute atomic E-state index is 0. The molecule has 1 aliphatic carbocycles. The van der Waals surface area contributed by atoms with Crippen LogP contribution in [0.2, 0.25) is 5.02 Å². The van der Waals surface area contributed by atoms with Crippen molar-refractivity contribution >= 4 is 41.5 Å². The van der Waals surface area contributed by atoms with Crippen molar-refractivity contribution in [1.82, 2.24) is 5.32 Å². The van der Waals surface area contributed by atoms with Gasteiger partial charge in [-0.3, -0.25) is 4.99 Å². The highest BCUT2D eigenvalue weighted by Gasteiger charge is 2.45. The molecular formula is C15H21ClIN3. The molecule has 20 heavy (non-hydrogen) atoms. The Labute approximate surface area is 142 Å². The van der Waals surface area contributed by atoms with Gasteiger partial charge in [-0.25, -0.2) is 0 Å². The molecule has 0 spiro atoms. The predicted octanol–water partition coefficient (Wildman–Crippen LogP) is 3.47. The monoisotopic (exact) mass is 405 g/mol. The summed E-state index contributed by atoms with van der Waals surface area (Å²) >= 11 is 6.26. The Bertz CT molecular complexity index is 510. The Morgan fingerprint density at radius 2 is 2.10 bits per heavy atom. The number of hydrogen-bond donors (Lipinski definition) is 2. The molecule has 1 aromatic rings. The van der Waals surface area contributed by atoms with Gasteiger partial charge in [0.2, 0.25) is 0 Å². The number of halogens is 2. The number of benzene rings is 1. The van der Waals surface area contributed by atoms with Crippen molar-refractivity contribution in [2.75, 3.05) is 13.1 Å². The molecule has 5 heteroatoms. The summed E-state index contributed by atoms with van der Waals surface area (Å²) in [5.74, 6) is 0.473. The number of nitrogens with one attached hydrogen (secondary N) is 1. The van der Waals surface area contributed by atoms with Crippen molar-refractivity contribution in [2.45, 2.75) is 25.2 Å². The van der Waals surface area contributed by atoms with Crippen molar-refractivity contribution in [3.8, 4) is 0 Å². The van der Waals surface area contributed by atoms with Crippen LogP contribution in [-0.4, -0.2) is 19.0 Å². The Kier molecular flexibility index (Phi) is 6.33. The quantitative estimate of drug-likeness (QED) is 0.341. The standard InChI is InChI=1S/C15H20ClN3.HI/c1-11(2)9-18-14(17)19-10-15(7-8-15)12-5-3-4-6-13(12)16;/h3-6H,1,7-10H2,2H3,(H3,17,18,19);1H. The molecule has 1 aromatic carbocycles. The number of nitrogens with zero attached hydrogens (tertiary/aromatic N) is 1. The fourth-order valence-corrected chi connectivity index (χ4v) is 2.42. The van der Waals surface area contributed by atoms with Gasteiger partial charge < -0.3 is 11.1 Å². The summed E-state index contributed by atoms with van der Waals surface area (Å²) in [6.45, 7) is 7.12. The molecule has 1 saturated carbocycles. The van der Waals surface area contributed by atoms with E-state index in [9.17, 15) is 0 Å². The topological polar surface area (TPSA) is 50.4 Å². The number of guanidine groups is 1. The molecule has 0 aliphatic heterocycles. The van der Waals surface area contributed by atoms with E-state index in [1.807, 2.05) is 25.1 Å². The second kappa shape index (κ2) is 7.31. The molecule has 0 aromatic heterocycles. The van der Waals surface area contributed by atoms with Gasteiger partial charge in [-0.1, -0.05) is 42.0 Å². The van der Waals surface area contributed by atoms with Crippen LogP contribution in [0.4, 0.5) is 0 Å². The number of aliphatic imine (C=N–C) groups is 1. The molecule has 3 nitrogen and oxygen atoms in total. The normalized spacial score (nSPS) is 16.2. The van der Waals surface area contributed by atoms with Gasteiger partial charge in [-0.05, 0) is 31.4 Å². The van der Waals surface area contributed by atoms with Crippen LogP contribution in [0.5, 0.6) is 0 Å². The van der Waals surface area contributed by atoms with Crippen LogP contribution >= 0.6 is 35.6 Å². The largest absolute Gasteiger partial charge is 0.370 e. The lowest BCUT2D eigenvalue weighted by Crippen LogP contribution is -2.33. The van der Waals surface area contributed by atoms with Crippen LogP contribution in [0.15, 0.2) is 41.4 Å². The molecule has 1 fully saturated rings. The maximum absolute atomic E-state index is 6.26. The first-order chi connectivity index (χ1) is 9.03. The second-order valence-electron chi connectivity index (χ2n) is 5.27. The second-order valence-corrected chi connectivity index (χ2v) is 5.68. The SMILES string of the molecule is C=C(C)CNC(N)=NCC1(c2ccccc2Cl)CC1.I. The molecule has 0 saturated heterocycles. The van der Waals surface area contributed by atoms with E-state index in [1.165, 1.54) is 5.56 Å². The lowest BCUT2D eigenvalue weighted by molar-refractivity contribution is 0.701. The van der Waals surface area contributed by atoms with Crippen molar-refractivity contribution in [3.05, 3.63) is 47.0 Å². The highest BCUT2D eigenvalue weighted by molar-refractivity contribution is 14.0. The van der Waals surface area contributed by atoms with Crippen LogP contribution in [0, 0.1) is 0 Å². The molecule has 0 heterocycles. The smallest absolute Gasteiger partial charge is 0.188 e. The van der Waals surface area contributed by atoms with Crippen LogP contribution in [0.25, 0.3) is 0 Å². The van der Waals surface area contributed by atoms with Crippen LogP contribution in [0.1, 0.15) is 25.3 Å². The fourth-order valence-electron chi connectivity index (χ4n) is 2.09. The van der Waals surface area contributed by atoms with Gasteiger partial charge in [0.15, 0.2) is 5.96 Å². The maximum Gasteiger partial charge on any atom is 0.188 e. The fraction of sp³-hybridized carbons (Fsp3) is 0.400. The predicted molar refractivity (Wildman–Crippen MR) is 97.1 cm³/mol. The van der Waals surface area contributed by atoms with E-state index in [0.29, 0.717) is 19.0 Å². The van der Waals surface area contributed by atoms with Crippen molar-refractivity contribution in [3.63, 3.8) is 0 Å². The van der Waals surface area contributed by atoms with Crippen LogP contribution in [-0.2, 0) is 5.41 Å². The molecule has 0 bridgehead atoms. The summed E-state index contributed by atoms with van der Waals surface area (Å²) in [7, 11) is 0. The van der Waals surface area contributed by atoms with Gasteiger partial charge in [0, 0.05) is 17.0 Å². The third-order valence-corrected chi connectivity index (χ3v) is 3.75. The molecule has 0 unspecified atom stereocenters. The highest BCUT2D eigenvalue weighted by Crippen LogP contribution is 2.50. The summed E-state index contributed by atoms with van der Waals surface area (Å²) in [6.07, 6.45) is 2.24. The first-order valence-corrected chi connectivity index (χ1v) is 6.84. The van der Waals surface area contributed by atoms with E-state index in [2.05, 4.69) is 23.0 Å². The van der Waals surface area contributed by atoms with Gasteiger partial charge in [0.1, 0.15) is 0 Å². The summed E-state index contributed by atoms with van der Waals surface area (Å²) in [4.78, 5) is 4.43. The average Bonchev–Trinajstić information content (AvgIpc) is 3.15. The van der Waals surface area contributed by atoms with Gasteiger partial charge in [0.25, 0.3) is 0 Å². The maximum atomic E-state index is 6.26. The van der Waals surface area contributed by atoms with Gasteiger partial charge >= 0.3 is 0 Å². The Morgan fingerprint density at radius 3 is 2.65 bits per heavy atom. The summed E-state index contributed by atoms with van der Waals surface area (Å²) in [5, 5.41) is 3.87. The first-order valence-electron chi connectivity index (χ1n) is 6.47. The van der Waals surface area contributed by atoms with Crippen LogP contribution in [0.3, 0.4) is 0 Å².